The van der Waals surface area contributed by atoms with Crippen LogP contribution in [0.5, 0.6) is 0 Å². The first-order valence-corrected chi connectivity index (χ1v) is 10.6. The quantitative estimate of drug-likeness (QED) is 0.652. The van der Waals surface area contributed by atoms with E-state index in [-0.39, 0.29) is 29.2 Å². The minimum Gasteiger partial charge on any atom is -0.377 e. The molecule has 29 heavy (non-hydrogen) atoms. The lowest BCUT2D eigenvalue weighted by Gasteiger charge is -2.34. The number of hydrogen-bond acceptors (Lipinski definition) is 3. The first-order valence-electron chi connectivity index (χ1n) is 10.6. The molecule has 2 amide bonds. The van der Waals surface area contributed by atoms with E-state index in [0.717, 1.165) is 16.9 Å². The standard InChI is InChI=1S/C24H41N3O2/c1-16(2)18(5)27(23(29)17(3)4)15-19-13-20(11-12-21(19)26(9)10)25-22(28)14-24(6,7)8/h11-13,16-18H,14-15H2,1-10H3,(H,25,28)/t18-/m0/s1. The molecule has 0 aliphatic carbocycles. The van der Waals surface area contributed by atoms with E-state index in [1.54, 1.807) is 0 Å². The molecular weight excluding hydrogens is 362 g/mol. The van der Waals surface area contributed by atoms with Gasteiger partial charge in [0.05, 0.1) is 0 Å². The summed E-state index contributed by atoms with van der Waals surface area (Å²) in [7, 11) is 3.99. The van der Waals surface area contributed by atoms with E-state index in [0.29, 0.717) is 18.9 Å². The van der Waals surface area contributed by atoms with Gasteiger partial charge in [0.2, 0.25) is 11.8 Å². The van der Waals surface area contributed by atoms with Crippen molar-refractivity contribution in [3.63, 3.8) is 0 Å². The average molecular weight is 404 g/mol. The third kappa shape index (κ3) is 7.71. The lowest BCUT2D eigenvalue weighted by molar-refractivity contribution is -0.138. The van der Waals surface area contributed by atoms with Crippen molar-refractivity contribution in [2.24, 2.45) is 17.3 Å². The summed E-state index contributed by atoms with van der Waals surface area (Å²) < 4.78 is 0. The van der Waals surface area contributed by atoms with Gasteiger partial charge >= 0.3 is 0 Å². The average Bonchev–Trinajstić information content (AvgIpc) is 2.56. The van der Waals surface area contributed by atoms with Gasteiger partial charge in [-0.1, -0.05) is 48.5 Å². The molecule has 0 spiro atoms. The molecule has 1 atom stereocenters. The van der Waals surface area contributed by atoms with Crippen LogP contribution in [-0.4, -0.2) is 36.9 Å². The molecule has 0 aliphatic rings. The van der Waals surface area contributed by atoms with Gasteiger partial charge < -0.3 is 15.1 Å². The summed E-state index contributed by atoms with van der Waals surface area (Å²) in [4.78, 5) is 29.3. The minimum absolute atomic E-state index is 0.00622. The third-order valence-corrected chi connectivity index (χ3v) is 5.11. The van der Waals surface area contributed by atoms with Crippen LogP contribution in [0.3, 0.4) is 0 Å². The van der Waals surface area contributed by atoms with E-state index in [9.17, 15) is 9.59 Å². The van der Waals surface area contributed by atoms with Gasteiger partial charge in [0.25, 0.3) is 0 Å². The second-order valence-electron chi connectivity index (χ2n) is 10.1. The van der Waals surface area contributed by atoms with Crippen LogP contribution in [0.1, 0.15) is 67.4 Å². The number of rotatable bonds is 8. The van der Waals surface area contributed by atoms with Crippen molar-refractivity contribution in [2.45, 2.75) is 74.4 Å². The number of hydrogen-bond donors (Lipinski definition) is 1. The Balaban J connectivity index is 3.24. The highest BCUT2D eigenvalue weighted by molar-refractivity contribution is 5.91. The molecule has 5 heteroatoms. The predicted octanol–water partition coefficient (Wildman–Crippen LogP) is 5.16. The van der Waals surface area contributed by atoms with Gasteiger partial charge in [-0.15, -0.1) is 0 Å². The van der Waals surface area contributed by atoms with Crippen molar-refractivity contribution in [1.29, 1.82) is 0 Å². The molecule has 164 valence electrons. The van der Waals surface area contributed by atoms with Gasteiger partial charge in [-0.3, -0.25) is 9.59 Å². The van der Waals surface area contributed by atoms with Crippen molar-refractivity contribution in [3.8, 4) is 0 Å². The van der Waals surface area contributed by atoms with Gasteiger partial charge in [0.15, 0.2) is 0 Å². The Hall–Kier alpha value is -2.04. The Kier molecular flexibility index (Phi) is 8.73. The van der Waals surface area contributed by atoms with Crippen LogP contribution in [0.4, 0.5) is 11.4 Å². The fraction of sp³-hybridized carbons (Fsp3) is 0.667. The molecule has 0 aliphatic heterocycles. The molecule has 1 aromatic carbocycles. The number of nitrogens with zero attached hydrogens (tertiary/aromatic N) is 2. The number of amides is 2. The predicted molar refractivity (Wildman–Crippen MR) is 123 cm³/mol. The van der Waals surface area contributed by atoms with E-state index in [1.807, 2.05) is 55.9 Å². The summed E-state index contributed by atoms with van der Waals surface area (Å²) in [5.41, 5.74) is 2.79. The highest BCUT2D eigenvalue weighted by Crippen LogP contribution is 2.28. The van der Waals surface area contributed by atoms with Crippen molar-refractivity contribution in [3.05, 3.63) is 23.8 Å². The molecule has 1 aromatic rings. The maximum absolute atomic E-state index is 12.9. The fourth-order valence-electron chi connectivity index (χ4n) is 3.21. The number of nitrogens with one attached hydrogen (secondary N) is 1. The van der Waals surface area contributed by atoms with E-state index in [4.69, 9.17) is 0 Å². The lowest BCUT2D eigenvalue weighted by atomic mass is 9.92. The van der Waals surface area contributed by atoms with E-state index in [2.05, 4.69) is 46.9 Å². The number of carbonyl (C=O) groups is 2. The van der Waals surface area contributed by atoms with E-state index >= 15 is 0 Å². The van der Waals surface area contributed by atoms with Crippen LogP contribution in [0.25, 0.3) is 0 Å². The van der Waals surface area contributed by atoms with Crippen LogP contribution in [0, 0.1) is 17.3 Å². The largest absolute Gasteiger partial charge is 0.377 e. The number of anilines is 2. The van der Waals surface area contributed by atoms with Crippen LogP contribution < -0.4 is 10.2 Å². The first-order chi connectivity index (χ1) is 13.2. The van der Waals surface area contributed by atoms with Crippen molar-refractivity contribution in [2.75, 3.05) is 24.3 Å². The second kappa shape index (κ2) is 10.1. The molecule has 5 nitrogen and oxygen atoms in total. The Morgan fingerprint density at radius 3 is 2.07 bits per heavy atom. The molecule has 0 aromatic heterocycles. The van der Waals surface area contributed by atoms with Crippen LogP contribution in [0.15, 0.2) is 18.2 Å². The van der Waals surface area contributed by atoms with Gasteiger partial charge in [0.1, 0.15) is 0 Å². The molecule has 0 unspecified atom stereocenters. The smallest absolute Gasteiger partial charge is 0.225 e. The Morgan fingerprint density at radius 2 is 1.62 bits per heavy atom. The number of benzene rings is 1. The second-order valence-corrected chi connectivity index (χ2v) is 10.1. The molecule has 0 bridgehead atoms. The summed E-state index contributed by atoms with van der Waals surface area (Å²) in [5, 5.41) is 3.02. The number of carbonyl (C=O) groups excluding carboxylic acids is 2. The molecule has 1 rings (SSSR count). The SMILES string of the molecule is CC(C)C(=O)N(Cc1cc(NC(=O)CC(C)(C)C)ccc1N(C)C)[C@@H](C)C(C)C. The Morgan fingerprint density at radius 1 is 1.03 bits per heavy atom. The zero-order chi connectivity index (χ0) is 22.5. The maximum Gasteiger partial charge on any atom is 0.225 e. The molecular formula is C24H41N3O2. The normalized spacial score (nSPS) is 12.8. The zero-order valence-electron chi connectivity index (χ0n) is 20.1. The maximum atomic E-state index is 12.9. The Bertz CT molecular complexity index is 703. The monoisotopic (exact) mass is 403 g/mol. The summed E-state index contributed by atoms with van der Waals surface area (Å²) >= 11 is 0. The highest BCUT2D eigenvalue weighted by Gasteiger charge is 2.26. The minimum atomic E-state index is -0.0658. The molecule has 0 fully saturated rings. The van der Waals surface area contributed by atoms with Crippen molar-refractivity contribution in [1.82, 2.24) is 4.90 Å². The van der Waals surface area contributed by atoms with Crippen LogP contribution >= 0.6 is 0 Å². The summed E-state index contributed by atoms with van der Waals surface area (Å²) in [6.45, 7) is 16.9. The van der Waals surface area contributed by atoms with Gasteiger partial charge in [-0.05, 0) is 42.0 Å². The highest BCUT2D eigenvalue weighted by atomic mass is 16.2. The topological polar surface area (TPSA) is 52.7 Å². The van der Waals surface area contributed by atoms with Crippen molar-refractivity contribution >= 4 is 23.2 Å². The summed E-state index contributed by atoms with van der Waals surface area (Å²) in [6.07, 6.45) is 0.458. The molecule has 0 saturated heterocycles. The first kappa shape index (κ1) is 25.0. The molecule has 1 N–H and O–H groups in total. The van der Waals surface area contributed by atoms with Gasteiger partial charge in [-0.25, -0.2) is 0 Å². The fourth-order valence-corrected chi connectivity index (χ4v) is 3.21. The molecule has 0 radical (unpaired) electrons. The zero-order valence-corrected chi connectivity index (χ0v) is 20.1. The van der Waals surface area contributed by atoms with E-state index in [1.165, 1.54) is 0 Å². The van der Waals surface area contributed by atoms with Crippen LogP contribution in [0.2, 0.25) is 0 Å². The molecule has 0 heterocycles. The van der Waals surface area contributed by atoms with Crippen LogP contribution in [-0.2, 0) is 16.1 Å². The lowest BCUT2D eigenvalue weighted by Crippen LogP contribution is -2.43. The summed E-state index contributed by atoms with van der Waals surface area (Å²) in [5.74, 6) is 0.452. The van der Waals surface area contributed by atoms with Gasteiger partial charge in [0, 0.05) is 50.4 Å². The third-order valence-electron chi connectivity index (χ3n) is 5.11. The molecule has 0 saturated carbocycles. The van der Waals surface area contributed by atoms with Crippen molar-refractivity contribution < 1.29 is 9.59 Å². The summed E-state index contributed by atoms with van der Waals surface area (Å²) in [6, 6.07) is 6.07. The van der Waals surface area contributed by atoms with Gasteiger partial charge in [-0.2, -0.15) is 0 Å². The van der Waals surface area contributed by atoms with E-state index < -0.39 is 0 Å². The Labute approximate surface area is 177 Å².